The van der Waals surface area contributed by atoms with E-state index in [2.05, 4.69) is 15.4 Å². The lowest BCUT2D eigenvalue weighted by molar-refractivity contribution is -0.140. The molecule has 1 aromatic carbocycles. The average molecular weight is 252 g/mol. The number of nitrogens with one attached hydrogen (secondary N) is 2. The van der Waals surface area contributed by atoms with Gasteiger partial charge in [-0.2, -0.15) is 0 Å². The lowest BCUT2D eigenvalue weighted by Crippen LogP contribution is -2.30. The number of benzene rings is 1. The van der Waals surface area contributed by atoms with Crippen molar-refractivity contribution in [3.05, 3.63) is 24.3 Å². The van der Waals surface area contributed by atoms with Crippen molar-refractivity contribution in [1.29, 1.82) is 0 Å². The molecule has 6 nitrogen and oxygen atoms in total. The van der Waals surface area contributed by atoms with Gasteiger partial charge in [-0.25, -0.2) is 4.79 Å². The fourth-order valence-corrected chi connectivity index (χ4v) is 1.23. The van der Waals surface area contributed by atoms with E-state index in [0.29, 0.717) is 11.4 Å². The van der Waals surface area contributed by atoms with E-state index in [1.165, 1.54) is 7.11 Å². The van der Waals surface area contributed by atoms with Crippen molar-refractivity contribution < 1.29 is 19.1 Å². The molecule has 0 aliphatic carbocycles. The summed E-state index contributed by atoms with van der Waals surface area (Å²) >= 11 is 0. The van der Waals surface area contributed by atoms with Gasteiger partial charge in [0.15, 0.2) is 0 Å². The van der Waals surface area contributed by atoms with Crippen LogP contribution in [-0.2, 0) is 9.53 Å². The average Bonchev–Trinajstić information content (AvgIpc) is 2.39. The lowest BCUT2D eigenvalue weighted by atomic mass is 10.3. The van der Waals surface area contributed by atoms with Gasteiger partial charge in [-0.05, 0) is 24.3 Å². The summed E-state index contributed by atoms with van der Waals surface area (Å²) in [6, 6.07) is 6.55. The largest absolute Gasteiger partial charge is 0.497 e. The molecule has 0 atom stereocenters. The van der Waals surface area contributed by atoms with Crippen molar-refractivity contribution in [1.82, 2.24) is 5.32 Å². The molecular weight excluding hydrogens is 236 g/mol. The number of carbonyl (C=O) groups excluding carboxylic acids is 2. The van der Waals surface area contributed by atoms with Gasteiger partial charge in [0.05, 0.1) is 20.6 Å². The summed E-state index contributed by atoms with van der Waals surface area (Å²) in [6.07, 6.45) is 0.145. The zero-order valence-corrected chi connectivity index (χ0v) is 10.4. The van der Waals surface area contributed by atoms with E-state index in [4.69, 9.17) is 4.74 Å². The summed E-state index contributed by atoms with van der Waals surface area (Å²) in [5, 5.41) is 5.17. The number of anilines is 1. The molecule has 0 unspecified atom stereocenters. The topological polar surface area (TPSA) is 76.7 Å². The molecule has 1 aromatic rings. The Balaban J connectivity index is 2.32. The lowest BCUT2D eigenvalue weighted by Gasteiger charge is -2.07. The summed E-state index contributed by atoms with van der Waals surface area (Å²) in [4.78, 5) is 22.2. The molecule has 98 valence electrons. The summed E-state index contributed by atoms with van der Waals surface area (Å²) < 4.78 is 9.45. The third kappa shape index (κ3) is 4.73. The van der Waals surface area contributed by atoms with E-state index in [-0.39, 0.29) is 25.0 Å². The maximum atomic E-state index is 11.4. The first-order valence-electron chi connectivity index (χ1n) is 5.41. The Hall–Kier alpha value is -2.24. The van der Waals surface area contributed by atoms with Crippen molar-refractivity contribution in [3.8, 4) is 5.75 Å². The molecule has 0 saturated carbocycles. The molecule has 2 amide bonds. The fraction of sp³-hybridized carbons (Fsp3) is 0.333. The molecular formula is C12H16N2O4. The second-order valence-corrected chi connectivity index (χ2v) is 3.44. The Labute approximate surface area is 105 Å². The highest BCUT2D eigenvalue weighted by Crippen LogP contribution is 2.14. The van der Waals surface area contributed by atoms with Crippen LogP contribution in [0, 0.1) is 0 Å². The van der Waals surface area contributed by atoms with Crippen LogP contribution >= 0.6 is 0 Å². The van der Waals surface area contributed by atoms with Crippen LogP contribution in [0.25, 0.3) is 0 Å². The Morgan fingerprint density at radius 3 is 2.39 bits per heavy atom. The number of hydrogen-bond donors (Lipinski definition) is 2. The van der Waals surface area contributed by atoms with Gasteiger partial charge >= 0.3 is 12.0 Å². The van der Waals surface area contributed by atoms with Crippen LogP contribution in [0.4, 0.5) is 10.5 Å². The minimum Gasteiger partial charge on any atom is -0.497 e. The van der Waals surface area contributed by atoms with Crippen LogP contribution in [0.2, 0.25) is 0 Å². The third-order valence-electron chi connectivity index (χ3n) is 2.19. The van der Waals surface area contributed by atoms with Crippen molar-refractivity contribution in [2.75, 3.05) is 26.1 Å². The van der Waals surface area contributed by atoms with Crippen LogP contribution in [0.5, 0.6) is 5.75 Å². The molecule has 0 aliphatic heterocycles. The maximum absolute atomic E-state index is 11.4. The standard InChI is InChI=1S/C12H16N2O4/c1-17-10-5-3-9(4-6-10)14-12(16)13-8-7-11(15)18-2/h3-6H,7-8H2,1-2H3,(H2,13,14,16). The number of hydrogen-bond acceptors (Lipinski definition) is 4. The number of urea groups is 1. The molecule has 18 heavy (non-hydrogen) atoms. The van der Waals surface area contributed by atoms with E-state index in [1.807, 2.05) is 0 Å². The van der Waals surface area contributed by atoms with Gasteiger partial charge in [0, 0.05) is 12.2 Å². The molecule has 0 aliphatic rings. The zero-order valence-electron chi connectivity index (χ0n) is 10.4. The van der Waals surface area contributed by atoms with Gasteiger partial charge in [-0.3, -0.25) is 4.79 Å². The van der Waals surface area contributed by atoms with E-state index in [9.17, 15) is 9.59 Å². The molecule has 0 bridgehead atoms. The van der Waals surface area contributed by atoms with Crippen LogP contribution in [0.15, 0.2) is 24.3 Å². The first kappa shape index (κ1) is 13.8. The number of carbonyl (C=O) groups is 2. The predicted octanol–water partition coefficient (Wildman–Crippen LogP) is 1.38. The second-order valence-electron chi connectivity index (χ2n) is 3.44. The van der Waals surface area contributed by atoms with Crippen LogP contribution in [-0.4, -0.2) is 32.8 Å². The van der Waals surface area contributed by atoms with Gasteiger partial charge in [-0.1, -0.05) is 0 Å². The number of methoxy groups -OCH3 is 2. The summed E-state index contributed by atoms with van der Waals surface area (Å²) in [5.41, 5.74) is 0.645. The van der Waals surface area contributed by atoms with Gasteiger partial charge < -0.3 is 20.1 Å². The van der Waals surface area contributed by atoms with Crippen molar-refractivity contribution >= 4 is 17.7 Å². The Morgan fingerprint density at radius 2 is 1.83 bits per heavy atom. The van der Waals surface area contributed by atoms with E-state index in [0.717, 1.165) is 0 Å². The molecule has 2 N–H and O–H groups in total. The number of amides is 2. The van der Waals surface area contributed by atoms with Crippen molar-refractivity contribution in [2.45, 2.75) is 6.42 Å². The zero-order chi connectivity index (χ0) is 13.4. The third-order valence-corrected chi connectivity index (χ3v) is 2.19. The SMILES string of the molecule is COC(=O)CCNC(=O)Nc1ccc(OC)cc1. The monoisotopic (exact) mass is 252 g/mol. The Bertz CT molecular complexity index is 403. The normalized spacial score (nSPS) is 9.44. The van der Waals surface area contributed by atoms with E-state index < -0.39 is 0 Å². The minimum absolute atomic E-state index is 0.145. The van der Waals surface area contributed by atoms with E-state index >= 15 is 0 Å². The van der Waals surface area contributed by atoms with Gasteiger partial charge in [0.2, 0.25) is 0 Å². The maximum Gasteiger partial charge on any atom is 0.319 e. The summed E-state index contributed by atoms with van der Waals surface area (Å²) in [6.45, 7) is 0.231. The predicted molar refractivity (Wildman–Crippen MR) is 66.6 cm³/mol. The van der Waals surface area contributed by atoms with Gasteiger partial charge in [0.1, 0.15) is 5.75 Å². The van der Waals surface area contributed by atoms with Gasteiger partial charge in [0.25, 0.3) is 0 Å². The Kier molecular flexibility index (Phi) is 5.50. The molecule has 0 radical (unpaired) electrons. The van der Waals surface area contributed by atoms with Crippen molar-refractivity contribution in [2.24, 2.45) is 0 Å². The minimum atomic E-state index is -0.371. The van der Waals surface area contributed by atoms with Gasteiger partial charge in [-0.15, -0.1) is 0 Å². The first-order chi connectivity index (χ1) is 8.65. The molecule has 0 heterocycles. The number of esters is 1. The molecule has 0 saturated heterocycles. The number of ether oxygens (including phenoxy) is 2. The van der Waals surface area contributed by atoms with Crippen LogP contribution < -0.4 is 15.4 Å². The molecule has 1 rings (SSSR count). The summed E-state index contributed by atoms with van der Waals surface area (Å²) in [7, 11) is 2.88. The Morgan fingerprint density at radius 1 is 1.17 bits per heavy atom. The second kappa shape index (κ2) is 7.16. The smallest absolute Gasteiger partial charge is 0.319 e. The van der Waals surface area contributed by atoms with Crippen LogP contribution in [0.1, 0.15) is 6.42 Å². The fourth-order valence-electron chi connectivity index (χ4n) is 1.23. The van der Waals surface area contributed by atoms with E-state index in [1.54, 1.807) is 31.4 Å². The highest BCUT2D eigenvalue weighted by atomic mass is 16.5. The molecule has 0 spiro atoms. The molecule has 0 fully saturated rings. The molecule has 0 aromatic heterocycles. The quantitative estimate of drug-likeness (QED) is 0.776. The first-order valence-corrected chi connectivity index (χ1v) is 5.41. The van der Waals surface area contributed by atoms with Crippen LogP contribution in [0.3, 0.4) is 0 Å². The summed E-state index contributed by atoms with van der Waals surface area (Å²) in [5.74, 6) is 0.353. The highest BCUT2D eigenvalue weighted by Gasteiger charge is 2.03. The molecule has 6 heteroatoms. The number of rotatable bonds is 5. The van der Waals surface area contributed by atoms with Crippen molar-refractivity contribution in [3.63, 3.8) is 0 Å². The highest BCUT2D eigenvalue weighted by molar-refractivity contribution is 5.89.